The molecule has 0 spiro atoms. The molecule has 0 saturated heterocycles. The zero-order valence-electron chi connectivity index (χ0n) is 10.1. The number of hydrogen-bond acceptors (Lipinski definition) is 4. The lowest BCUT2D eigenvalue weighted by molar-refractivity contribution is 0.0923. The van der Waals surface area contributed by atoms with Crippen LogP contribution in [0.1, 0.15) is 29.6 Å². The molecule has 1 aliphatic carbocycles. The first kappa shape index (κ1) is 12.7. The lowest BCUT2D eigenvalue weighted by atomic mass is 10.0. The van der Waals surface area contributed by atoms with Crippen molar-refractivity contribution in [3.05, 3.63) is 23.8 Å². The van der Waals surface area contributed by atoms with Crippen molar-refractivity contribution in [3.8, 4) is 11.5 Å². The highest BCUT2D eigenvalue weighted by molar-refractivity contribution is 5.99. The summed E-state index contributed by atoms with van der Waals surface area (Å²) in [5, 5.41) is 22.1. The Balaban J connectivity index is 2.12. The Bertz CT molecular complexity index is 428. The maximum absolute atomic E-state index is 12.0. The van der Waals surface area contributed by atoms with Gasteiger partial charge in [-0.1, -0.05) is 12.5 Å². The van der Waals surface area contributed by atoms with Gasteiger partial charge in [0.25, 0.3) is 5.91 Å². The normalized spacial score (nSPS) is 22.9. The summed E-state index contributed by atoms with van der Waals surface area (Å²) in [6, 6.07) is 4.27. The monoisotopic (exact) mass is 250 g/mol. The Morgan fingerprint density at radius 1 is 1.33 bits per heavy atom. The van der Waals surface area contributed by atoms with E-state index in [9.17, 15) is 15.0 Å². The fraction of sp³-hybridized carbons (Fsp3) is 0.462. The number of carbonyl (C=O) groups excluding carboxylic acids is 1. The van der Waals surface area contributed by atoms with Crippen LogP contribution in [0.4, 0.5) is 0 Å². The van der Waals surface area contributed by atoms with Crippen molar-refractivity contribution in [2.45, 2.75) is 25.3 Å². The number of phenols is 2. The molecule has 18 heavy (non-hydrogen) atoms. The van der Waals surface area contributed by atoms with Gasteiger partial charge in [0, 0.05) is 6.04 Å². The molecule has 1 fully saturated rings. The number of rotatable bonds is 3. The van der Waals surface area contributed by atoms with Gasteiger partial charge in [0.2, 0.25) is 0 Å². The van der Waals surface area contributed by atoms with E-state index in [1.807, 2.05) is 0 Å². The zero-order valence-corrected chi connectivity index (χ0v) is 10.1. The molecule has 0 bridgehead atoms. The lowest BCUT2D eigenvalue weighted by Crippen LogP contribution is -2.39. The van der Waals surface area contributed by atoms with Gasteiger partial charge < -0.3 is 21.3 Å². The summed E-state index contributed by atoms with van der Waals surface area (Å²) in [6.07, 6.45) is 2.94. The van der Waals surface area contributed by atoms with Crippen LogP contribution in [0.15, 0.2) is 18.2 Å². The van der Waals surface area contributed by atoms with E-state index in [2.05, 4.69) is 5.32 Å². The van der Waals surface area contributed by atoms with E-state index in [0.717, 1.165) is 19.3 Å². The van der Waals surface area contributed by atoms with Crippen LogP contribution in [0.25, 0.3) is 0 Å². The molecule has 2 rings (SSSR count). The topological polar surface area (TPSA) is 95.6 Å². The van der Waals surface area contributed by atoms with Crippen molar-refractivity contribution in [2.75, 3.05) is 6.54 Å². The van der Waals surface area contributed by atoms with E-state index in [1.165, 1.54) is 18.2 Å². The summed E-state index contributed by atoms with van der Waals surface area (Å²) in [5.74, 6) is -0.595. The van der Waals surface area contributed by atoms with E-state index in [4.69, 9.17) is 5.73 Å². The third kappa shape index (κ3) is 2.41. The van der Waals surface area contributed by atoms with Crippen molar-refractivity contribution in [2.24, 2.45) is 11.7 Å². The number of phenolic OH excluding ortho intramolecular Hbond substituents is 2. The molecule has 1 aromatic carbocycles. The first-order chi connectivity index (χ1) is 8.63. The van der Waals surface area contributed by atoms with Gasteiger partial charge in [-0.05, 0) is 37.4 Å². The maximum Gasteiger partial charge on any atom is 0.259 e. The summed E-state index contributed by atoms with van der Waals surface area (Å²) >= 11 is 0. The van der Waals surface area contributed by atoms with Crippen LogP contribution >= 0.6 is 0 Å². The number of amides is 1. The summed E-state index contributed by atoms with van der Waals surface area (Å²) in [7, 11) is 0. The molecule has 1 amide bonds. The predicted octanol–water partition coefficient (Wildman–Crippen LogP) is 0.955. The number of aromatic hydroxyl groups is 2. The number of hydrogen-bond donors (Lipinski definition) is 4. The van der Waals surface area contributed by atoms with Crippen molar-refractivity contribution < 1.29 is 15.0 Å². The van der Waals surface area contributed by atoms with Crippen LogP contribution in [0.2, 0.25) is 0 Å². The maximum atomic E-state index is 12.0. The molecule has 5 nitrogen and oxygen atoms in total. The predicted molar refractivity (Wildman–Crippen MR) is 67.4 cm³/mol. The minimum Gasteiger partial charge on any atom is -0.507 e. The SMILES string of the molecule is NCC1CCCC1NC(=O)c1c(O)cccc1O. The fourth-order valence-corrected chi connectivity index (χ4v) is 2.51. The molecular weight excluding hydrogens is 232 g/mol. The first-order valence-corrected chi connectivity index (χ1v) is 6.15. The first-order valence-electron chi connectivity index (χ1n) is 6.15. The zero-order chi connectivity index (χ0) is 13.1. The van der Waals surface area contributed by atoms with Crippen molar-refractivity contribution in [3.63, 3.8) is 0 Å². The Morgan fingerprint density at radius 2 is 2.00 bits per heavy atom. The van der Waals surface area contributed by atoms with E-state index in [0.29, 0.717) is 6.54 Å². The molecule has 0 aliphatic heterocycles. The highest BCUT2D eigenvalue weighted by atomic mass is 16.3. The second-order valence-electron chi connectivity index (χ2n) is 4.68. The van der Waals surface area contributed by atoms with Gasteiger partial charge in [0.1, 0.15) is 17.1 Å². The molecule has 0 radical (unpaired) electrons. The number of nitrogens with one attached hydrogen (secondary N) is 1. The van der Waals surface area contributed by atoms with Gasteiger partial charge in [-0.15, -0.1) is 0 Å². The van der Waals surface area contributed by atoms with Gasteiger partial charge in [-0.2, -0.15) is 0 Å². The molecule has 1 saturated carbocycles. The second kappa shape index (κ2) is 5.27. The molecule has 0 aromatic heterocycles. The quantitative estimate of drug-likeness (QED) is 0.642. The number of benzene rings is 1. The fourth-order valence-electron chi connectivity index (χ4n) is 2.51. The summed E-state index contributed by atoms with van der Waals surface area (Å²) in [5.41, 5.74) is 5.58. The van der Waals surface area contributed by atoms with Crippen LogP contribution in [0.5, 0.6) is 11.5 Å². The van der Waals surface area contributed by atoms with E-state index >= 15 is 0 Å². The molecule has 1 aromatic rings. The summed E-state index contributed by atoms with van der Waals surface area (Å²) in [4.78, 5) is 12.0. The van der Waals surface area contributed by atoms with Gasteiger partial charge >= 0.3 is 0 Å². The highest BCUT2D eigenvalue weighted by Gasteiger charge is 2.28. The molecule has 1 aliphatic rings. The molecule has 2 unspecified atom stereocenters. The van der Waals surface area contributed by atoms with Gasteiger partial charge in [0.15, 0.2) is 0 Å². The average Bonchev–Trinajstić information content (AvgIpc) is 2.76. The van der Waals surface area contributed by atoms with Crippen LogP contribution in [0.3, 0.4) is 0 Å². The highest BCUT2D eigenvalue weighted by Crippen LogP contribution is 2.28. The van der Waals surface area contributed by atoms with E-state index in [1.54, 1.807) is 0 Å². The molecule has 2 atom stereocenters. The van der Waals surface area contributed by atoms with Gasteiger partial charge in [-0.25, -0.2) is 0 Å². The van der Waals surface area contributed by atoms with Gasteiger partial charge in [-0.3, -0.25) is 4.79 Å². The Labute approximate surface area is 106 Å². The molecular formula is C13H18N2O3. The smallest absolute Gasteiger partial charge is 0.259 e. The van der Waals surface area contributed by atoms with Crippen LogP contribution in [0, 0.1) is 5.92 Å². The standard InChI is InChI=1S/C13H18N2O3/c14-7-8-3-1-4-9(8)15-13(18)12-10(16)5-2-6-11(12)17/h2,5-6,8-9,16-17H,1,3-4,7,14H2,(H,15,18). The van der Waals surface area contributed by atoms with Crippen molar-refractivity contribution in [1.29, 1.82) is 0 Å². The third-order valence-electron chi connectivity index (χ3n) is 3.53. The largest absolute Gasteiger partial charge is 0.507 e. The minimum atomic E-state index is -0.448. The van der Waals surface area contributed by atoms with Gasteiger partial charge in [0.05, 0.1) is 0 Å². The minimum absolute atomic E-state index is 0.0292. The summed E-state index contributed by atoms with van der Waals surface area (Å²) < 4.78 is 0. The van der Waals surface area contributed by atoms with Crippen molar-refractivity contribution >= 4 is 5.91 Å². The molecule has 98 valence electrons. The van der Waals surface area contributed by atoms with Crippen molar-refractivity contribution in [1.82, 2.24) is 5.32 Å². The summed E-state index contributed by atoms with van der Waals surface area (Å²) in [6.45, 7) is 0.539. The molecule has 5 N–H and O–H groups in total. The second-order valence-corrected chi connectivity index (χ2v) is 4.68. The van der Waals surface area contributed by atoms with Crippen LogP contribution in [-0.2, 0) is 0 Å². The third-order valence-corrected chi connectivity index (χ3v) is 3.53. The molecule has 0 heterocycles. The number of nitrogens with two attached hydrogens (primary N) is 1. The van der Waals surface area contributed by atoms with E-state index < -0.39 is 5.91 Å². The lowest BCUT2D eigenvalue weighted by Gasteiger charge is -2.20. The Hall–Kier alpha value is -1.75. The Kier molecular flexibility index (Phi) is 3.72. The molecule has 5 heteroatoms. The van der Waals surface area contributed by atoms with E-state index in [-0.39, 0.29) is 29.0 Å². The number of carbonyl (C=O) groups is 1. The van der Waals surface area contributed by atoms with Crippen LogP contribution in [-0.4, -0.2) is 28.7 Å². The Morgan fingerprint density at radius 3 is 2.61 bits per heavy atom. The van der Waals surface area contributed by atoms with Crippen LogP contribution < -0.4 is 11.1 Å². The average molecular weight is 250 g/mol.